The Bertz CT molecular complexity index is 1430. The lowest BCUT2D eigenvalue weighted by Gasteiger charge is -2.26. The van der Waals surface area contributed by atoms with Crippen LogP contribution in [0.5, 0.6) is 0 Å². The van der Waals surface area contributed by atoms with Crippen molar-refractivity contribution >= 4 is 35.0 Å². The van der Waals surface area contributed by atoms with E-state index in [1.807, 2.05) is 42.5 Å². The molecule has 8 heteroatoms. The molecular formula is C31H31N5O3. The molecule has 2 amide bonds. The number of hydrogen-bond donors (Lipinski definition) is 1. The topological polar surface area (TPSA) is 87.7 Å². The minimum Gasteiger partial charge on any atom is -0.444 e. The van der Waals surface area contributed by atoms with E-state index >= 15 is 0 Å². The van der Waals surface area contributed by atoms with Crippen LogP contribution in [0.4, 0.5) is 27.8 Å². The first kappa shape index (κ1) is 25.9. The minimum absolute atomic E-state index is 0.111. The van der Waals surface area contributed by atoms with Crippen molar-refractivity contribution in [3.8, 4) is 0 Å². The number of nitrogens with zero attached hydrogens (tertiary/aromatic N) is 4. The van der Waals surface area contributed by atoms with Crippen molar-refractivity contribution in [2.24, 2.45) is 0 Å². The van der Waals surface area contributed by atoms with E-state index in [4.69, 9.17) is 4.74 Å². The van der Waals surface area contributed by atoms with Crippen LogP contribution in [0.3, 0.4) is 0 Å². The van der Waals surface area contributed by atoms with Crippen LogP contribution in [-0.2, 0) is 29.0 Å². The second-order valence-electron chi connectivity index (χ2n) is 10.4. The number of hydrogen-bond acceptors (Lipinski definition) is 6. The smallest absolute Gasteiger partial charge is 0.412 e. The van der Waals surface area contributed by atoms with Gasteiger partial charge in [-0.3, -0.25) is 15.0 Å². The second kappa shape index (κ2) is 10.9. The molecule has 39 heavy (non-hydrogen) atoms. The number of aromatic nitrogens is 2. The van der Waals surface area contributed by atoms with Crippen LogP contribution in [0, 0.1) is 0 Å². The number of carbonyl (C=O) groups excluding carboxylic acids is 2. The third-order valence-electron chi connectivity index (χ3n) is 6.17. The van der Waals surface area contributed by atoms with Crippen molar-refractivity contribution in [1.29, 1.82) is 0 Å². The monoisotopic (exact) mass is 521 g/mol. The standard InChI is InChI=1S/C31H31N5O3/c1-31(2,3)39-30(38)34-24-15-10-16-25(17-24)36-27(37)18-26-28(32-21-33-29(26)36)35(19-22-11-6-4-7-12-22)20-23-13-8-5-9-14-23/h4-17,21H,18-20H2,1-3H3,(H,34,38). The number of benzene rings is 3. The Morgan fingerprint density at radius 1 is 0.923 bits per heavy atom. The number of rotatable bonds is 7. The van der Waals surface area contributed by atoms with Gasteiger partial charge in [-0.15, -0.1) is 0 Å². The van der Waals surface area contributed by atoms with Crippen molar-refractivity contribution in [3.05, 3.63) is 108 Å². The zero-order valence-corrected chi connectivity index (χ0v) is 22.3. The van der Waals surface area contributed by atoms with Gasteiger partial charge in [0, 0.05) is 24.3 Å². The van der Waals surface area contributed by atoms with E-state index in [1.54, 1.807) is 43.9 Å². The minimum atomic E-state index is -0.621. The zero-order valence-electron chi connectivity index (χ0n) is 22.3. The lowest BCUT2D eigenvalue weighted by Crippen LogP contribution is -2.27. The maximum atomic E-state index is 13.4. The van der Waals surface area contributed by atoms with E-state index in [1.165, 1.54) is 6.33 Å². The predicted octanol–water partition coefficient (Wildman–Crippen LogP) is 6.25. The molecular weight excluding hydrogens is 490 g/mol. The lowest BCUT2D eigenvalue weighted by molar-refractivity contribution is -0.116. The Hall–Kier alpha value is -4.72. The van der Waals surface area contributed by atoms with Gasteiger partial charge in [-0.2, -0.15) is 0 Å². The summed E-state index contributed by atoms with van der Waals surface area (Å²) in [5, 5.41) is 2.75. The first-order valence-electron chi connectivity index (χ1n) is 12.9. The molecule has 0 radical (unpaired) electrons. The van der Waals surface area contributed by atoms with Gasteiger partial charge in [0.05, 0.1) is 12.1 Å². The maximum Gasteiger partial charge on any atom is 0.412 e. The molecule has 198 valence electrons. The van der Waals surface area contributed by atoms with Gasteiger partial charge >= 0.3 is 6.09 Å². The molecule has 5 rings (SSSR count). The van der Waals surface area contributed by atoms with Crippen LogP contribution in [0.1, 0.15) is 37.5 Å². The van der Waals surface area contributed by atoms with E-state index in [9.17, 15) is 9.59 Å². The highest BCUT2D eigenvalue weighted by atomic mass is 16.6. The number of anilines is 4. The van der Waals surface area contributed by atoms with E-state index < -0.39 is 11.7 Å². The SMILES string of the molecule is CC(C)(C)OC(=O)Nc1cccc(N2C(=O)Cc3c(N(Cc4ccccc4)Cc4ccccc4)ncnc32)c1. The van der Waals surface area contributed by atoms with Crippen molar-refractivity contribution in [2.75, 3.05) is 15.1 Å². The highest BCUT2D eigenvalue weighted by Gasteiger charge is 2.34. The molecule has 1 aromatic heterocycles. The third-order valence-corrected chi connectivity index (χ3v) is 6.17. The number of fused-ring (bicyclic) bond motifs is 1. The molecule has 3 aromatic carbocycles. The molecule has 1 N–H and O–H groups in total. The first-order valence-corrected chi connectivity index (χ1v) is 12.9. The Kier molecular flexibility index (Phi) is 7.27. The van der Waals surface area contributed by atoms with Crippen LogP contribution in [0.25, 0.3) is 0 Å². The van der Waals surface area contributed by atoms with Crippen molar-refractivity contribution in [3.63, 3.8) is 0 Å². The molecule has 0 bridgehead atoms. The van der Waals surface area contributed by atoms with Crippen LogP contribution in [0.2, 0.25) is 0 Å². The third kappa shape index (κ3) is 6.23. The molecule has 0 spiro atoms. The van der Waals surface area contributed by atoms with Gasteiger partial charge in [-0.05, 0) is 50.1 Å². The number of ether oxygens (including phenoxy) is 1. The van der Waals surface area contributed by atoms with Crippen LogP contribution >= 0.6 is 0 Å². The molecule has 0 atom stereocenters. The predicted molar refractivity (Wildman–Crippen MR) is 152 cm³/mol. The quantitative estimate of drug-likeness (QED) is 0.309. The van der Waals surface area contributed by atoms with Crippen molar-refractivity contribution < 1.29 is 14.3 Å². The summed E-state index contributed by atoms with van der Waals surface area (Å²) in [5.74, 6) is 1.16. The summed E-state index contributed by atoms with van der Waals surface area (Å²) in [4.78, 5) is 38.6. The fourth-order valence-electron chi connectivity index (χ4n) is 4.59. The fraction of sp³-hybridized carbons (Fsp3) is 0.226. The summed E-state index contributed by atoms with van der Waals surface area (Å²) in [5.41, 5.74) is 3.57. The van der Waals surface area contributed by atoms with E-state index in [2.05, 4.69) is 44.5 Å². The normalized spacial score (nSPS) is 12.7. The Morgan fingerprint density at radius 3 is 2.18 bits per heavy atom. The highest BCUT2D eigenvalue weighted by Crippen LogP contribution is 2.39. The molecule has 1 aliphatic heterocycles. The van der Waals surface area contributed by atoms with Crippen LogP contribution in [-0.4, -0.2) is 27.6 Å². The maximum absolute atomic E-state index is 13.4. The summed E-state index contributed by atoms with van der Waals surface area (Å²) in [6, 6.07) is 27.5. The van der Waals surface area contributed by atoms with E-state index in [-0.39, 0.29) is 12.3 Å². The second-order valence-corrected chi connectivity index (χ2v) is 10.4. The molecule has 2 heterocycles. The van der Waals surface area contributed by atoms with E-state index in [0.29, 0.717) is 30.3 Å². The highest BCUT2D eigenvalue weighted by molar-refractivity contribution is 6.07. The Labute approximate surface area is 228 Å². The Morgan fingerprint density at radius 2 is 1.56 bits per heavy atom. The fourth-order valence-corrected chi connectivity index (χ4v) is 4.59. The summed E-state index contributed by atoms with van der Waals surface area (Å²) in [6.07, 6.45) is 1.12. The number of nitrogens with one attached hydrogen (secondary N) is 1. The first-order chi connectivity index (χ1) is 18.8. The van der Waals surface area contributed by atoms with Gasteiger partial charge in [0.1, 0.15) is 23.6 Å². The largest absolute Gasteiger partial charge is 0.444 e. The average molecular weight is 522 g/mol. The van der Waals surface area contributed by atoms with Gasteiger partial charge in [0.15, 0.2) is 0 Å². The molecule has 4 aromatic rings. The summed E-state index contributed by atoms with van der Waals surface area (Å²) < 4.78 is 5.37. The molecule has 8 nitrogen and oxygen atoms in total. The van der Waals surface area contributed by atoms with Crippen LogP contribution in [0.15, 0.2) is 91.3 Å². The molecule has 0 fully saturated rings. The Balaban J connectivity index is 1.47. The molecule has 0 saturated heterocycles. The van der Waals surface area contributed by atoms with Gasteiger partial charge < -0.3 is 9.64 Å². The zero-order chi connectivity index (χ0) is 27.4. The average Bonchev–Trinajstić information content (AvgIpc) is 3.24. The van der Waals surface area contributed by atoms with E-state index in [0.717, 1.165) is 22.5 Å². The lowest BCUT2D eigenvalue weighted by atomic mass is 10.1. The van der Waals surface area contributed by atoms with Gasteiger partial charge in [-0.25, -0.2) is 14.8 Å². The molecule has 0 unspecified atom stereocenters. The molecule has 0 aliphatic carbocycles. The van der Waals surface area contributed by atoms with Gasteiger partial charge in [-0.1, -0.05) is 66.7 Å². The van der Waals surface area contributed by atoms with Crippen LogP contribution < -0.4 is 15.1 Å². The van der Waals surface area contributed by atoms with Gasteiger partial charge in [0.2, 0.25) is 5.91 Å². The summed E-state index contributed by atoms with van der Waals surface area (Å²) in [7, 11) is 0. The summed E-state index contributed by atoms with van der Waals surface area (Å²) >= 11 is 0. The molecule has 1 aliphatic rings. The molecule has 0 saturated carbocycles. The number of amides is 2. The van der Waals surface area contributed by atoms with Crippen molar-refractivity contribution in [1.82, 2.24) is 9.97 Å². The summed E-state index contributed by atoms with van der Waals surface area (Å²) in [6.45, 7) is 6.67. The van der Waals surface area contributed by atoms with Crippen molar-refractivity contribution in [2.45, 2.75) is 45.9 Å². The van der Waals surface area contributed by atoms with Gasteiger partial charge in [0.25, 0.3) is 0 Å². The number of carbonyl (C=O) groups is 2.